The highest BCUT2D eigenvalue weighted by atomic mass is 16.6. The molecule has 19 heavy (non-hydrogen) atoms. The Balaban J connectivity index is 2.02. The van der Waals surface area contributed by atoms with E-state index in [0.717, 1.165) is 5.56 Å². The third-order valence-corrected chi connectivity index (χ3v) is 3.02. The lowest BCUT2D eigenvalue weighted by Crippen LogP contribution is -2.57. The first-order valence-corrected chi connectivity index (χ1v) is 5.85. The van der Waals surface area contributed by atoms with Crippen LogP contribution in [0.4, 0.5) is 16.2 Å². The molecule has 0 saturated carbocycles. The number of ether oxygens (including phenoxy) is 1. The summed E-state index contributed by atoms with van der Waals surface area (Å²) in [7, 11) is 1.33. The van der Waals surface area contributed by atoms with E-state index in [1.807, 2.05) is 6.07 Å². The molecule has 0 aliphatic carbocycles. The monoisotopic (exact) mass is 265 g/mol. The van der Waals surface area contributed by atoms with Crippen LogP contribution in [0, 0.1) is 17.0 Å². The van der Waals surface area contributed by atoms with Crippen molar-refractivity contribution in [2.45, 2.75) is 13.0 Å². The van der Waals surface area contributed by atoms with E-state index in [9.17, 15) is 14.9 Å². The lowest BCUT2D eigenvalue weighted by Gasteiger charge is -2.38. The third-order valence-electron chi connectivity index (χ3n) is 3.02. The van der Waals surface area contributed by atoms with E-state index in [4.69, 9.17) is 0 Å². The zero-order valence-corrected chi connectivity index (χ0v) is 10.8. The van der Waals surface area contributed by atoms with Gasteiger partial charge in [0.1, 0.15) is 5.69 Å². The maximum Gasteiger partial charge on any atom is 0.409 e. The minimum absolute atomic E-state index is 0.0144. The van der Waals surface area contributed by atoms with Gasteiger partial charge in [-0.15, -0.1) is 0 Å². The predicted octanol–water partition coefficient (Wildman–Crippen LogP) is 1.77. The molecule has 1 heterocycles. The van der Waals surface area contributed by atoms with Crippen LogP contribution in [0.25, 0.3) is 0 Å². The molecule has 0 radical (unpaired) electrons. The molecule has 7 heteroatoms. The van der Waals surface area contributed by atoms with Gasteiger partial charge in [-0.05, 0) is 18.6 Å². The third kappa shape index (κ3) is 2.75. The summed E-state index contributed by atoms with van der Waals surface area (Å²) < 4.78 is 4.58. The molecule has 2 rings (SSSR count). The molecule has 1 aromatic rings. The second-order valence-electron chi connectivity index (χ2n) is 4.49. The fraction of sp³-hybridized carbons (Fsp3) is 0.417. The molecule has 0 aromatic heterocycles. The number of carbonyl (C=O) groups excluding carboxylic acids is 1. The Morgan fingerprint density at radius 2 is 2.21 bits per heavy atom. The Bertz CT molecular complexity index is 512. The van der Waals surface area contributed by atoms with Crippen molar-refractivity contribution in [3.05, 3.63) is 33.9 Å². The average molecular weight is 265 g/mol. The van der Waals surface area contributed by atoms with Gasteiger partial charge in [-0.25, -0.2) is 4.79 Å². The van der Waals surface area contributed by atoms with E-state index >= 15 is 0 Å². The van der Waals surface area contributed by atoms with E-state index < -0.39 is 4.92 Å². The largest absolute Gasteiger partial charge is 0.453 e. The summed E-state index contributed by atoms with van der Waals surface area (Å²) in [5.41, 5.74) is 1.36. The number of aryl methyl sites for hydroxylation is 1. The van der Waals surface area contributed by atoms with Crippen LogP contribution in [0.5, 0.6) is 0 Å². The number of amides is 1. The lowest BCUT2D eigenvalue weighted by molar-refractivity contribution is -0.384. The summed E-state index contributed by atoms with van der Waals surface area (Å²) in [4.78, 5) is 23.3. The number of carbonyl (C=O) groups is 1. The molecule has 1 amide bonds. The van der Waals surface area contributed by atoms with Crippen LogP contribution in [0.2, 0.25) is 0 Å². The van der Waals surface area contributed by atoms with Gasteiger partial charge in [0.15, 0.2) is 0 Å². The van der Waals surface area contributed by atoms with Crippen molar-refractivity contribution in [1.29, 1.82) is 0 Å². The molecular weight excluding hydrogens is 250 g/mol. The van der Waals surface area contributed by atoms with Gasteiger partial charge in [-0.1, -0.05) is 6.07 Å². The summed E-state index contributed by atoms with van der Waals surface area (Å²) in [5, 5.41) is 14.0. The van der Waals surface area contributed by atoms with E-state index in [-0.39, 0.29) is 17.8 Å². The quantitative estimate of drug-likeness (QED) is 0.665. The molecule has 1 aliphatic heterocycles. The van der Waals surface area contributed by atoms with Crippen LogP contribution in [0.3, 0.4) is 0 Å². The normalized spacial score (nSPS) is 14.7. The summed E-state index contributed by atoms with van der Waals surface area (Å²) in [6, 6.07) is 5.04. The second kappa shape index (κ2) is 5.13. The van der Waals surface area contributed by atoms with Gasteiger partial charge < -0.3 is 15.0 Å². The highest BCUT2D eigenvalue weighted by molar-refractivity contribution is 5.70. The van der Waals surface area contributed by atoms with Gasteiger partial charge in [-0.2, -0.15) is 0 Å². The smallest absolute Gasteiger partial charge is 0.409 e. The maximum absolute atomic E-state index is 11.2. The second-order valence-corrected chi connectivity index (χ2v) is 4.49. The molecule has 1 aromatic carbocycles. The Hall–Kier alpha value is -2.31. The molecule has 1 N–H and O–H groups in total. The first kappa shape index (κ1) is 13.1. The first-order valence-electron chi connectivity index (χ1n) is 5.85. The summed E-state index contributed by atoms with van der Waals surface area (Å²) in [6.07, 6.45) is -0.378. The summed E-state index contributed by atoms with van der Waals surface area (Å²) in [5.74, 6) is 0. The summed E-state index contributed by atoms with van der Waals surface area (Å²) >= 11 is 0. The highest BCUT2D eigenvalue weighted by Gasteiger charge is 2.32. The predicted molar refractivity (Wildman–Crippen MR) is 69.2 cm³/mol. The van der Waals surface area contributed by atoms with Crippen molar-refractivity contribution in [3.8, 4) is 0 Å². The van der Waals surface area contributed by atoms with Crippen molar-refractivity contribution in [2.75, 3.05) is 25.5 Å². The van der Waals surface area contributed by atoms with Crippen molar-refractivity contribution < 1.29 is 14.5 Å². The number of likely N-dealkylation sites (tertiary alicyclic amines) is 1. The number of methoxy groups -OCH3 is 1. The fourth-order valence-corrected chi connectivity index (χ4v) is 1.98. The van der Waals surface area contributed by atoms with Gasteiger partial charge in [0.2, 0.25) is 0 Å². The number of hydrogen-bond donors (Lipinski definition) is 1. The number of rotatable bonds is 3. The maximum atomic E-state index is 11.2. The van der Waals surface area contributed by atoms with Gasteiger partial charge >= 0.3 is 6.09 Å². The van der Waals surface area contributed by atoms with Gasteiger partial charge in [0, 0.05) is 19.2 Å². The number of nitrogens with zero attached hydrogens (tertiary/aromatic N) is 2. The molecule has 1 aliphatic rings. The van der Waals surface area contributed by atoms with E-state index in [1.54, 1.807) is 13.0 Å². The first-order chi connectivity index (χ1) is 9.01. The minimum atomic E-state index is -0.411. The molecule has 0 bridgehead atoms. The number of nitro groups is 1. The zero-order chi connectivity index (χ0) is 14.0. The van der Waals surface area contributed by atoms with Crippen molar-refractivity contribution >= 4 is 17.5 Å². The molecule has 1 fully saturated rings. The van der Waals surface area contributed by atoms with Gasteiger partial charge in [-0.3, -0.25) is 10.1 Å². The number of anilines is 1. The van der Waals surface area contributed by atoms with Crippen LogP contribution in [0.15, 0.2) is 18.2 Å². The number of nitro benzene ring substituents is 1. The molecule has 102 valence electrons. The minimum Gasteiger partial charge on any atom is -0.453 e. The Labute approximate surface area is 110 Å². The van der Waals surface area contributed by atoms with E-state index in [1.165, 1.54) is 18.1 Å². The Morgan fingerprint density at radius 3 is 2.79 bits per heavy atom. The molecule has 1 saturated heterocycles. The number of hydrogen-bond acceptors (Lipinski definition) is 5. The van der Waals surface area contributed by atoms with E-state index in [0.29, 0.717) is 18.8 Å². The SMILES string of the molecule is COC(=O)N1CC(Nc2ccc(C)cc2[N+](=O)[O-])C1. The van der Waals surface area contributed by atoms with Crippen LogP contribution in [0.1, 0.15) is 5.56 Å². The van der Waals surface area contributed by atoms with Crippen molar-refractivity contribution in [2.24, 2.45) is 0 Å². The molecule has 0 spiro atoms. The average Bonchev–Trinajstić information content (AvgIpc) is 2.33. The van der Waals surface area contributed by atoms with Crippen molar-refractivity contribution in [1.82, 2.24) is 4.90 Å². The molecule has 0 atom stereocenters. The van der Waals surface area contributed by atoms with Crippen LogP contribution in [-0.4, -0.2) is 42.2 Å². The highest BCUT2D eigenvalue weighted by Crippen LogP contribution is 2.27. The van der Waals surface area contributed by atoms with Crippen LogP contribution in [-0.2, 0) is 4.74 Å². The van der Waals surface area contributed by atoms with Crippen molar-refractivity contribution in [3.63, 3.8) is 0 Å². The number of benzene rings is 1. The van der Waals surface area contributed by atoms with Gasteiger partial charge in [0.05, 0.1) is 18.1 Å². The fourth-order valence-electron chi connectivity index (χ4n) is 1.98. The van der Waals surface area contributed by atoms with E-state index in [2.05, 4.69) is 10.1 Å². The molecule has 7 nitrogen and oxygen atoms in total. The van der Waals surface area contributed by atoms with Crippen LogP contribution >= 0.6 is 0 Å². The molecular formula is C12H15N3O4. The number of nitrogens with one attached hydrogen (secondary N) is 1. The van der Waals surface area contributed by atoms with Crippen LogP contribution < -0.4 is 5.32 Å². The van der Waals surface area contributed by atoms with Gasteiger partial charge in [0.25, 0.3) is 5.69 Å². The lowest BCUT2D eigenvalue weighted by atomic mass is 10.1. The summed E-state index contributed by atoms with van der Waals surface area (Å²) in [6.45, 7) is 2.77. The standard InChI is InChI=1S/C12H15N3O4/c1-8-3-4-10(11(5-8)15(17)18)13-9-6-14(7-9)12(16)19-2/h3-5,9,13H,6-7H2,1-2H3. The topological polar surface area (TPSA) is 84.7 Å². The zero-order valence-electron chi connectivity index (χ0n) is 10.8. The Morgan fingerprint density at radius 1 is 1.53 bits per heavy atom. The molecule has 0 unspecified atom stereocenters. The Kier molecular flexibility index (Phi) is 3.55.